The zero-order chi connectivity index (χ0) is 15.5. The van der Waals surface area contributed by atoms with Crippen molar-refractivity contribution in [2.45, 2.75) is 19.6 Å². The fourth-order valence-corrected chi connectivity index (χ4v) is 3.38. The van der Waals surface area contributed by atoms with E-state index >= 15 is 0 Å². The number of anilines is 1. The number of thiazole rings is 1. The third kappa shape index (κ3) is 3.45. The number of aryl methyl sites for hydroxylation is 1. The van der Waals surface area contributed by atoms with Crippen molar-refractivity contribution in [2.24, 2.45) is 0 Å². The minimum absolute atomic E-state index is 0.0539. The van der Waals surface area contributed by atoms with Gasteiger partial charge in [0, 0.05) is 38.6 Å². The number of morpholine rings is 1. The maximum Gasteiger partial charge on any atom is 0.112 e. The second-order valence-corrected chi connectivity index (χ2v) is 6.73. The molecular formula is C16H22N4OS. The lowest BCUT2D eigenvalue weighted by molar-refractivity contribution is -0.0347. The lowest BCUT2D eigenvalue weighted by Gasteiger charge is -2.32. The molecule has 6 heteroatoms. The first kappa shape index (κ1) is 15.4. The molecule has 0 spiro atoms. The molecule has 0 aromatic carbocycles. The molecular weight excluding hydrogens is 296 g/mol. The van der Waals surface area contributed by atoms with Crippen molar-refractivity contribution in [1.82, 2.24) is 14.9 Å². The molecule has 1 saturated heterocycles. The van der Waals surface area contributed by atoms with Crippen LogP contribution in [-0.4, -0.2) is 48.7 Å². The highest BCUT2D eigenvalue weighted by Gasteiger charge is 2.23. The number of pyridine rings is 1. The zero-order valence-electron chi connectivity index (χ0n) is 13.3. The van der Waals surface area contributed by atoms with Gasteiger partial charge in [0.15, 0.2) is 0 Å². The van der Waals surface area contributed by atoms with E-state index in [1.165, 1.54) is 4.88 Å². The van der Waals surface area contributed by atoms with Gasteiger partial charge in [0.2, 0.25) is 0 Å². The molecule has 22 heavy (non-hydrogen) atoms. The van der Waals surface area contributed by atoms with Gasteiger partial charge >= 0.3 is 0 Å². The Bertz CT molecular complexity index is 611. The van der Waals surface area contributed by atoms with Crippen LogP contribution in [0.1, 0.15) is 22.4 Å². The van der Waals surface area contributed by atoms with Crippen LogP contribution in [0.4, 0.5) is 5.69 Å². The maximum atomic E-state index is 5.91. The summed E-state index contributed by atoms with van der Waals surface area (Å²) in [5.41, 5.74) is 5.18. The number of rotatable bonds is 4. The molecule has 3 rings (SSSR count). The van der Waals surface area contributed by atoms with Crippen molar-refractivity contribution in [3.8, 4) is 0 Å². The molecule has 0 radical (unpaired) electrons. The fraction of sp³-hybridized carbons (Fsp3) is 0.500. The summed E-state index contributed by atoms with van der Waals surface area (Å²) in [6.07, 6.45) is 1.96. The summed E-state index contributed by atoms with van der Waals surface area (Å²) >= 11 is 1.73. The van der Waals surface area contributed by atoms with Gasteiger partial charge in [-0.2, -0.15) is 0 Å². The van der Waals surface area contributed by atoms with Crippen molar-refractivity contribution in [3.05, 3.63) is 40.1 Å². The Morgan fingerprint density at radius 1 is 1.36 bits per heavy atom. The van der Waals surface area contributed by atoms with Crippen molar-refractivity contribution >= 4 is 17.0 Å². The molecule has 1 aliphatic heterocycles. The molecule has 0 bridgehead atoms. The van der Waals surface area contributed by atoms with Crippen LogP contribution >= 0.6 is 11.3 Å². The van der Waals surface area contributed by atoms with Crippen LogP contribution in [0.15, 0.2) is 23.8 Å². The zero-order valence-corrected chi connectivity index (χ0v) is 14.1. The number of aromatic nitrogens is 2. The monoisotopic (exact) mass is 318 g/mol. The van der Waals surface area contributed by atoms with Gasteiger partial charge in [-0.05, 0) is 19.1 Å². The predicted octanol–water partition coefficient (Wildman–Crippen LogP) is 2.49. The topological polar surface area (TPSA) is 41.5 Å². The Kier molecular flexibility index (Phi) is 4.71. The van der Waals surface area contributed by atoms with Crippen LogP contribution in [0, 0.1) is 6.92 Å². The first-order chi connectivity index (χ1) is 10.6. The standard InChI is InChI=1S/C16H22N4OS/c1-12-16(22-11-18-12)10-20-6-7-21-15(9-20)14-5-4-13(8-17-14)19(2)3/h4-5,8,11,15H,6-7,9-10H2,1-3H3. The molecule has 0 N–H and O–H groups in total. The van der Waals surface area contributed by atoms with Crippen LogP contribution in [0.25, 0.3) is 0 Å². The molecule has 2 aromatic heterocycles. The van der Waals surface area contributed by atoms with Crippen LogP contribution < -0.4 is 4.90 Å². The second kappa shape index (κ2) is 6.73. The molecule has 1 fully saturated rings. The summed E-state index contributed by atoms with van der Waals surface area (Å²) in [4.78, 5) is 14.7. The van der Waals surface area contributed by atoms with Crippen molar-refractivity contribution in [3.63, 3.8) is 0 Å². The van der Waals surface area contributed by atoms with Gasteiger partial charge in [-0.25, -0.2) is 4.98 Å². The first-order valence-corrected chi connectivity index (χ1v) is 8.37. The second-order valence-electron chi connectivity index (χ2n) is 5.79. The normalized spacial score (nSPS) is 19.3. The first-order valence-electron chi connectivity index (χ1n) is 7.49. The Morgan fingerprint density at radius 3 is 2.86 bits per heavy atom. The number of nitrogens with zero attached hydrogens (tertiary/aromatic N) is 4. The Balaban J connectivity index is 1.66. The van der Waals surface area contributed by atoms with E-state index in [2.05, 4.69) is 38.8 Å². The van der Waals surface area contributed by atoms with Gasteiger partial charge in [-0.3, -0.25) is 9.88 Å². The quantitative estimate of drug-likeness (QED) is 0.866. The lowest BCUT2D eigenvalue weighted by Crippen LogP contribution is -2.38. The van der Waals surface area contributed by atoms with Gasteiger partial charge < -0.3 is 9.64 Å². The highest BCUT2D eigenvalue weighted by atomic mass is 32.1. The minimum Gasteiger partial charge on any atom is -0.376 e. The van der Waals surface area contributed by atoms with Crippen molar-refractivity contribution in [1.29, 1.82) is 0 Å². The molecule has 3 heterocycles. The number of hydrogen-bond acceptors (Lipinski definition) is 6. The van der Waals surface area contributed by atoms with E-state index in [1.807, 2.05) is 25.8 Å². The molecule has 1 aliphatic rings. The molecule has 118 valence electrons. The molecule has 0 aliphatic carbocycles. The lowest BCUT2D eigenvalue weighted by atomic mass is 10.1. The van der Waals surface area contributed by atoms with E-state index in [4.69, 9.17) is 4.74 Å². The van der Waals surface area contributed by atoms with E-state index in [-0.39, 0.29) is 6.10 Å². The molecule has 5 nitrogen and oxygen atoms in total. The molecule has 2 aromatic rings. The van der Waals surface area contributed by atoms with E-state index in [1.54, 1.807) is 11.3 Å². The van der Waals surface area contributed by atoms with Crippen molar-refractivity contribution in [2.75, 3.05) is 38.7 Å². The van der Waals surface area contributed by atoms with E-state index < -0.39 is 0 Å². The Hall–Kier alpha value is -1.50. The fourth-order valence-electron chi connectivity index (χ4n) is 2.56. The van der Waals surface area contributed by atoms with Crippen molar-refractivity contribution < 1.29 is 4.74 Å². The highest BCUT2D eigenvalue weighted by Crippen LogP contribution is 2.24. The molecule has 0 amide bonds. The third-order valence-electron chi connectivity index (χ3n) is 3.98. The highest BCUT2D eigenvalue weighted by molar-refractivity contribution is 7.09. The third-order valence-corrected chi connectivity index (χ3v) is 4.90. The van der Waals surface area contributed by atoms with Gasteiger partial charge in [-0.1, -0.05) is 0 Å². The average molecular weight is 318 g/mol. The van der Waals surface area contributed by atoms with Crippen LogP contribution in [0.3, 0.4) is 0 Å². The van der Waals surface area contributed by atoms with Crippen LogP contribution in [0.5, 0.6) is 0 Å². The van der Waals surface area contributed by atoms with E-state index in [0.717, 1.165) is 43.3 Å². The Morgan fingerprint density at radius 2 is 2.23 bits per heavy atom. The van der Waals surface area contributed by atoms with Gasteiger partial charge in [0.05, 0.1) is 35.4 Å². The summed E-state index contributed by atoms with van der Waals surface area (Å²) in [5, 5.41) is 0. The summed E-state index contributed by atoms with van der Waals surface area (Å²) < 4.78 is 5.91. The van der Waals surface area contributed by atoms with Crippen LogP contribution in [0.2, 0.25) is 0 Å². The predicted molar refractivity (Wildman–Crippen MR) is 89.4 cm³/mol. The molecule has 1 atom stereocenters. The maximum absolute atomic E-state index is 5.91. The molecule has 0 saturated carbocycles. The molecule has 1 unspecified atom stereocenters. The van der Waals surface area contributed by atoms with Crippen LogP contribution in [-0.2, 0) is 11.3 Å². The minimum atomic E-state index is 0.0539. The van der Waals surface area contributed by atoms with Gasteiger partial charge in [0.25, 0.3) is 0 Å². The summed E-state index contributed by atoms with van der Waals surface area (Å²) in [6.45, 7) is 5.62. The smallest absolute Gasteiger partial charge is 0.112 e. The largest absolute Gasteiger partial charge is 0.376 e. The number of ether oxygens (including phenoxy) is 1. The summed E-state index contributed by atoms with van der Waals surface area (Å²) in [5.74, 6) is 0. The van der Waals surface area contributed by atoms with E-state index in [0.29, 0.717) is 0 Å². The summed E-state index contributed by atoms with van der Waals surface area (Å²) in [7, 11) is 4.04. The average Bonchev–Trinajstić information content (AvgIpc) is 2.93. The van der Waals surface area contributed by atoms with Gasteiger partial charge in [0.1, 0.15) is 6.10 Å². The summed E-state index contributed by atoms with van der Waals surface area (Å²) in [6, 6.07) is 4.17. The Labute approximate surface area is 135 Å². The SMILES string of the molecule is Cc1ncsc1CN1CCOC(c2ccc(N(C)C)cn2)C1. The number of hydrogen-bond donors (Lipinski definition) is 0. The van der Waals surface area contributed by atoms with E-state index in [9.17, 15) is 0 Å². The van der Waals surface area contributed by atoms with Gasteiger partial charge in [-0.15, -0.1) is 11.3 Å².